The number of benzene rings is 2. The summed E-state index contributed by atoms with van der Waals surface area (Å²) in [4.78, 5) is 10.8. The van der Waals surface area contributed by atoms with E-state index in [1.54, 1.807) is 12.1 Å². The molecule has 0 amide bonds. The van der Waals surface area contributed by atoms with E-state index in [-0.39, 0.29) is 11.3 Å². The third-order valence-electron chi connectivity index (χ3n) is 3.91. The molecule has 1 N–H and O–H groups in total. The molecular formula is C18H21NO4S. The van der Waals surface area contributed by atoms with E-state index >= 15 is 0 Å². The molecule has 0 spiro atoms. The van der Waals surface area contributed by atoms with Gasteiger partial charge in [-0.15, -0.1) is 0 Å². The second-order valence-electron chi connectivity index (χ2n) is 5.80. The van der Waals surface area contributed by atoms with E-state index in [1.165, 1.54) is 23.5 Å². The minimum absolute atomic E-state index is 0.0223. The number of hydrogen-bond donors (Lipinski definition) is 1. The fraction of sp³-hybridized carbons (Fsp3) is 0.278. The molecule has 0 heterocycles. The van der Waals surface area contributed by atoms with Gasteiger partial charge >= 0.3 is 5.97 Å². The zero-order valence-corrected chi connectivity index (χ0v) is 14.8. The van der Waals surface area contributed by atoms with Crippen molar-refractivity contribution in [3.63, 3.8) is 0 Å². The first-order valence-corrected chi connectivity index (χ1v) is 9.03. The molecule has 0 aromatic heterocycles. The van der Waals surface area contributed by atoms with Crippen LogP contribution in [0.3, 0.4) is 0 Å². The van der Waals surface area contributed by atoms with Crippen LogP contribution in [0.2, 0.25) is 0 Å². The summed E-state index contributed by atoms with van der Waals surface area (Å²) in [6.45, 7) is 3.79. The molecule has 0 radical (unpaired) electrons. The second kappa shape index (κ2) is 7.05. The molecule has 0 bridgehead atoms. The number of carboxylic acids is 1. The van der Waals surface area contributed by atoms with Crippen LogP contribution in [-0.2, 0) is 21.2 Å². The lowest BCUT2D eigenvalue weighted by Crippen LogP contribution is -2.27. The third-order valence-corrected chi connectivity index (χ3v) is 5.70. The van der Waals surface area contributed by atoms with Crippen molar-refractivity contribution in [2.45, 2.75) is 31.6 Å². The predicted octanol–water partition coefficient (Wildman–Crippen LogP) is 3.15. The first kappa shape index (κ1) is 18.0. The summed E-state index contributed by atoms with van der Waals surface area (Å²) < 4.78 is 26.9. The number of carbonyl (C=O) groups is 1. The molecule has 0 unspecified atom stereocenters. The van der Waals surface area contributed by atoms with E-state index in [0.717, 1.165) is 16.7 Å². The van der Waals surface area contributed by atoms with Gasteiger partial charge in [-0.1, -0.05) is 24.3 Å². The van der Waals surface area contributed by atoms with Crippen LogP contribution in [0.25, 0.3) is 0 Å². The Kier molecular flexibility index (Phi) is 5.29. The summed E-state index contributed by atoms with van der Waals surface area (Å²) in [5, 5.41) is 8.70. The highest BCUT2D eigenvalue weighted by Crippen LogP contribution is 2.26. The van der Waals surface area contributed by atoms with Gasteiger partial charge in [-0.3, -0.25) is 9.10 Å². The normalized spacial score (nSPS) is 11.3. The van der Waals surface area contributed by atoms with E-state index in [4.69, 9.17) is 5.11 Å². The fourth-order valence-corrected chi connectivity index (χ4v) is 3.68. The van der Waals surface area contributed by atoms with E-state index in [2.05, 4.69) is 0 Å². The molecule has 5 nitrogen and oxygen atoms in total. The van der Waals surface area contributed by atoms with Crippen LogP contribution in [0.4, 0.5) is 5.69 Å². The van der Waals surface area contributed by atoms with Gasteiger partial charge in [-0.2, -0.15) is 0 Å². The van der Waals surface area contributed by atoms with Gasteiger partial charge in [-0.05, 0) is 55.2 Å². The van der Waals surface area contributed by atoms with Gasteiger partial charge in [0.05, 0.1) is 10.6 Å². The number of carboxylic acid groups (broad SMARTS) is 1. The molecule has 0 aliphatic heterocycles. The average molecular weight is 347 g/mol. The lowest BCUT2D eigenvalue weighted by atomic mass is 10.1. The maximum absolute atomic E-state index is 12.8. The maximum atomic E-state index is 12.8. The van der Waals surface area contributed by atoms with Crippen molar-refractivity contribution in [2.75, 3.05) is 11.4 Å². The standard InChI is InChI=1S/C18H21NO4S/c1-13-4-5-14(2)17(12-13)19(3)24(22,23)16-9-6-15(7-10-16)8-11-18(20)21/h4-7,9-10,12H,8,11H2,1-3H3,(H,20,21). The predicted molar refractivity (Wildman–Crippen MR) is 93.9 cm³/mol. The number of aryl methyl sites for hydroxylation is 3. The molecule has 0 atom stereocenters. The van der Waals surface area contributed by atoms with E-state index < -0.39 is 16.0 Å². The number of nitrogens with zero attached hydrogens (tertiary/aromatic N) is 1. The Labute approximate surface area is 142 Å². The van der Waals surface area contributed by atoms with Gasteiger partial charge in [0.2, 0.25) is 0 Å². The summed E-state index contributed by atoms with van der Waals surface area (Å²) in [6, 6.07) is 12.0. The molecule has 0 aliphatic carbocycles. The zero-order valence-electron chi connectivity index (χ0n) is 14.0. The quantitative estimate of drug-likeness (QED) is 0.871. The van der Waals surface area contributed by atoms with Crippen molar-refractivity contribution in [2.24, 2.45) is 0 Å². The minimum atomic E-state index is -3.66. The highest BCUT2D eigenvalue weighted by molar-refractivity contribution is 7.92. The molecule has 0 aliphatic rings. The SMILES string of the molecule is Cc1ccc(C)c(N(C)S(=O)(=O)c2ccc(CCC(=O)O)cc2)c1. The molecule has 2 rings (SSSR count). The number of anilines is 1. The summed E-state index contributed by atoms with van der Waals surface area (Å²) >= 11 is 0. The molecule has 2 aromatic carbocycles. The summed E-state index contributed by atoms with van der Waals surface area (Å²) in [7, 11) is -2.13. The first-order valence-electron chi connectivity index (χ1n) is 7.59. The van der Waals surface area contributed by atoms with Gasteiger partial charge in [0.15, 0.2) is 0 Å². The lowest BCUT2D eigenvalue weighted by molar-refractivity contribution is -0.136. The van der Waals surface area contributed by atoms with E-state index in [0.29, 0.717) is 12.1 Å². The van der Waals surface area contributed by atoms with Gasteiger partial charge in [0, 0.05) is 13.5 Å². The molecule has 128 valence electrons. The average Bonchev–Trinajstić information content (AvgIpc) is 2.54. The van der Waals surface area contributed by atoms with Gasteiger partial charge in [0.1, 0.15) is 0 Å². The minimum Gasteiger partial charge on any atom is -0.481 e. The molecular weight excluding hydrogens is 326 g/mol. The van der Waals surface area contributed by atoms with Crippen molar-refractivity contribution in [3.8, 4) is 0 Å². The summed E-state index contributed by atoms with van der Waals surface area (Å²) in [5.41, 5.74) is 3.31. The van der Waals surface area contributed by atoms with Crippen molar-refractivity contribution < 1.29 is 18.3 Å². The molecule has 0 saturated carbocycles. The molecule has 0 saturated heterocycles. The Bertz CT molecular complexity index is 842. The van der Waals surface area contributed by atoms with E-state index in [9.17, 15) is 13.2 Å². The summed E-state index contributed by atoms with van der Waals surface area (Å²) in [5.74, 6) is -0.874. The van der Waals surface area contributed by atoms with Gasteiger partial charge in [0.25, 0.3) is 10.0 Å². The number of hydrogen-bond acceptors (Lipinski definition) is 3. The first-order chi connectivity index (χ1) is 11.2. The Morgan fingerprint density at radius 2 is 1.71 bits per heavy atom. The molecule has 2 aromatic rings. The van der Waals surface area contributed by atoms with Gasteiger partial charge in [-0.25, -0.2) is 8.42 Å². The zero-order chi connectivity index (χ0) is 17.9. The van der Waals surface area contributed by atoms with E-state index in [1.807, 2.05) is 32.0 Å². The third kappa shape index (κ3) is 3.94. The summed E-state index contributed by atoms with van der Waals surface area (Å²) in [6.07, 6.45) is 0.400. The monoisotopic (exact) mass is 347 g/mol. The Morgan fingerprint density at radius 1 is 1.08 bits per heavy atom. The molecule has 6 heteroatoms. The van der Waals surface area contributed by atoms with Crippen molar-refractivity contribution in [3.05, 3.63) is 59.2 Å². The topological polar surface area (TPSA) is 74.7 Å². The van der Waals surface area contributed by atoms with Gasteiger partial charge < -0.3 is 5.11 Å². The maximum Gasteiger partial charge on any atom is 0.303 e. The van der Waals surface area contributed by atoms with Crippen LogP contribution in [0.5, 0.6) is 0 Å². The van der Waals surface area contributed by atoms with Crippen LogP contribution in [0.1, 0.15) is 23.1 Å². The molecule has 0 fully saturated rings. The highest BCUT2D eigenvalue weighted by atomic mass is 32.2. The van der Waals surface area contributed by atoms with Crippen molar-refractivity contribution in [1.82, 2.24) is 0 Å². The van der Waals surface area contributed by atoms with Crippen molar-refractivity contribution in [1.29, 1.82) is 0 Å². The Balaban J connectivity index is 2.29. The Morgan fingerprint density at radius 3 is 2.29 bits per heavy atom. The number of aliphatic carboxylic acids is 1. The smallest absolute Gasteiger partial charge is 0.303 e. The van der Waals surface area contributed by atoms with Crippen LogP contribution in [-0.4, -0.2) is 26.5 Å². The highest BCUT2D eigenvalue weighted by Gasteiger charge is 2.22. The number of rotatable bonds is 6. The largest absolute Gasteiger partial charge is 0.481 e. The Hall–Kier alpha value is -2.34. The molecule has 24 heavy (non-hydrogen) atoms. The van der Waals surface area contributed by atoms with Crippen LogP contribution in [0, 0.1) is 13.8 Å². The van der Waals surface area contributed by atoms with Crippen LogP contribution < -0.4 is 4.31 Å². The van der Waals surface area contributed by atoms with Crippen molar-refractivity contribution >= 4 is 21.7 Å². The fourth-order valence-electron chi connectivity index (χ4n) is 2.43. The van der Waals surface area contributed by atoms with Crippen LogP contribution in [0.15, 0.2) is 47.4 Å². The lowest BCUT2D eigenvalue weighted by Gasteiger charge is -2.22. The second-order valence-corrected chi connectivity index (χ2v) is 7.77. The van der Waals surface area contributed by atoms with Crippen LogP contribution >= 0.6 is 0 Å². The number of sulfonamides is 1.